The second-order valence-corrected chi connectivity index (χ2v) is 14.8. The zero-order valence-electron chi connectivity index (χ0n) is 22.1. The number of aromatic nitrogens is 1. The van der Waals surface area contributed by atoms with E-state index in [9.17, 15) is 16.8 Å². The molecule has 1 radical (unpaired) electrons. The van der Waals surface area contributed by atoms with Crippen LogP contribution in [0.4, 0.5) is 0 Å². The van der Waals surface area contributed by atoms with E-state index in [1.54, 1.807) is 44.3 Å². The van der Waals surface area contributed by atoms with E-state index in [2.05, 4.69) is 17.1 Å². The molecule has 0 aliphatic heterocycles. The minimum absolute atomic E-state index is 0.269. The van der Waals surface area contributed by atoms with Crippen LogP contribution >= 0.6 is 0 Å². The monoisotopic (exact) mass is 554 g/mol. The predicted molar refractivity (Wildman–Crippen MR) is 158 cm³/mol. The van der Waals surface area contributed by atoms with Crippen LogP contribution in [0.15, 0.2) is 102 Å². The maximum Gasteiger partial charge on any atom is 0.175 e. The lowest BCUT2D eigenvalue weighted by atomic mass is 9.90. The summed E-state index contributed by atoms with van der Waals surface area (Å²) in [6.07, 6.45) is 4.19. The lowest BCUT2D eigenvalue weighted by Gasteiger charge is -2.24. The third kappa shape index (κ3) is 5.12. The predicted octanol–water partition coefficient (Wildman–Crippen LogP) is 6.72. The number of rotatable bonds is 6. The van der Waals surface area contributed by atoms with Gasteiger partial charge in [0.25, 0.3) is 0 Å². The van der Waals surface area contributed by atoms with Gasteiger partial charge in [-0.15, -0.1) is 0 Å². The molecule has 0 saturated carbocycles. The van der Waals surface area contributed by atoms with Gasteiger partial charge in [-0.25, -0.2) is 16.8 Å². The fourth-order valence-electron chi connectivity index (χ4n) is 4.63. The molecule has 0 spiro atoms. The molecule has 4 aromatic carbocycles. The Kier molecular flexibility index (Phi) is 6.69. The van der Waals surface area contributed by atoms with Gasteiger partial charge in [0, 0.05) is 29.7 Å². The van der Waals surface area contributed by atoms with E-state index in [1.807, 2.05) is 60.7 Å². The Morgan fingerprint density at radius 2 is 1.41 bits per heavy atom. The van der Waals surface area contributed by atoms with Crippen LogP contribution < -0.4 is 0 Å². The van der Waals surface area contributed by atoms with Gasteiger partial charge in [-0.1, -0.05) is 48.5 Å². The molecule has 1 heterocycles. The van der Waals surface area contributed by atoms with Crippen LogP contribution in [0, 0.1) is 6.07 Å². The summed E-state index contributed by atoms with van der Waals surface area (Å²) in [6, 6.07) is 31.4. The van der Waals surface area contributed by atoms with Gasteiger partial charge in [-0.2, -0.15) is 0 Å². The molecule has 0 amide bonds. The first-order chi connectivity index (χ1) is 18.4. The van der Waals surface area contributed by atoms with Crippen LogP contribution in [-0.4, -0.2) is 34.3 Å². The Labute approximate surface area is 230 Å². The second-order valence-electron chi connectivity index (χ2n) is 10.2. The molecular weight excluding hydrogens is 526 g/mol. The molecule has 5 aromatic rings. The van der Waals surface area contributed by atoms with Gasteiger partial charge in [0.05, 0.1) is 15.2 Å². The fourth-order valence-corrected chi connectivity index (χ4v) is 5.81. The first-order valence-corrected chi connectivity index (χ1v) is 16.1. The van der Waals surface area contributed by atoms with Crippen molar-refractivity contribution >= 4 is 30.6 Å². The van der Waals surface area contributed by atoms with E-state index in [-0.39, 0.29) is 4.90 Å². The van der Waals surface area contributed by atoms with Crippen molar-refractivity contribution < 1.29 is 16.8 Å². The van der Waals surface area contributed by atoms with Crippen molar-refractivity contribution in [3.05, 3.63) is 109 Å². The van der Waals surface area contributed by atoms with Gasteiger partial charge in [0.1, 0.15) is 0 Å². The Morgan fingerprint density at radius 1 is 0.718 bits per heavy atom. The summed E-state index contributed by atoms with van der Waals surface area (Å²) in [5.41, 5.74) is 6.98. The average molecular weight is 555 g/mol. The van der Waals surface area contributed by atoms with E-state index in [4.69, 9.17) is 0 Å². The molecule has 5 nitrogen and oxygen atoms in total. The van der Waals surface area contributed by atoms with Crippen molar-refractivity contribution in [2.75, 3.05) is 12.5 Å². The molecule has 7 heteroatoms. The number of benzene rings is 4. The van der Waals surface area contributed by atoms with Crippen molar-refractivity contribution in [1.29, 1.82) is 0 Å². The summed E-state index contributed by atoms with van der Waals surface area (Å²) in [6.45, 7) is 3.45. The van der Waals surface area contributed by atoms with E-state index >= 15 is 0 Å². The third-order valence-corrected chi connectivity index (χ3v) is 10.5. The Bertz CT molecular complexity index is 1930. The maximum absolute atomic E-state index is 12.7. The van der Waals surface area contributed by atoms with Gasteiger partial charge in [-0.05, 0) is 95.8 Å². The number of hydrogen-bond acceptors (Lipinski definition) is 5. The van der Waals surface area contributed by atoms with E-state index < -0.39 is 24.4 Å². The minimum atomic E-state index is -3.38. The van der Waals surface area contributed by atoms with Crippen LogP contribution in [-0.2, 0) is 24.4 Å². The van der Waals surface area contributed by atoms with Crippen LogP contribution in [0.2, 0.25) is 0 Å². The van der Waals surface area contributed by atoms with E-state index in [0.717, 1.165) is 44.3 Å². The highest BCUT2D eigenvalue weighted by Gasteiger charge is 2.33. The fraction of sp³-hybridized carbons (Fsp3) is 0.156. The zero-order valence-corrected chi connectivity index (χ0v) is 23.8. The van der Waals surface area contributed by atoms with Crippen LogP contribution in [0.25, 0.3) is 44.3 Å². The molecular formula is C32H28NO4S2. The average Bonchev–Trinajstić information content (AvgIpc) is 2.91. The molecule has 1 aromatic heterocycles. The molecule has 0 atom stereocenters. The second kappa shape index (κ2) is 9.74. The molecule has 39 heavy (non-hydrogen) atoms. The molecule has 197 valence electrons. The Balaban J connectivity index is 1.67. The lowest BCUT2D eigenvalue weighted by molar-refractivity contribution is 0.561. The highest BCUT2D eigenvalue weighted by Crippen LogP contribution is 2.39. The topological polar surface area (TPSA) is 81.2 Å². The quantitative estimate of drug-likeness (QED) is 0.233. The highest BCUT2D eigenvalue weighted by atomic mass is 32.2. The molecule has 0 N–H and O–H groups in total. The molecule has 0 saturated heterocycles. The minimum Gasteiger partial charge on any atom is -0.256 e. The van der Waals surface area contributed by atoms with Crippen LogP contribution in [0.1, 0.15) is 19.4 Å². The van der Waals surface area contributed by atoms with Crippen molar-refractivity contribution in [1.82, 2.24) is 4.98 Å². The van der Waals surface area contributed by atoms with Gasteiger partial charge in [-0.3, -0.25) is 4.98 Å². The normalized spacial score (nSPS) is 12.5. The van der Waals surface area contributed by atoms with E-state index in [1.165, 1.54) is 12.5 Å². The maximum atomic E-state index is 12.7. The van der Waals surface area contributed by atoms with Gasteiger partial charge in [0.15, 0.2) is 19.7 Å². The van der Waals surface area contributed by atoms with Crippen LogP contribution in [0.3, 0.4) is 0 Å². The SMILES string of the molecule is CC(C)(c1cc(-c2cccc(-c3cc[c]cc3-c3ccc(S(C)(=O)=O)cc3)c2)c2ncccc2c1)S(C)(=O)=O. The molecule has 0 fully saturated rings. The van der Waals surface area contributed by atoms with Crippen molar-refractivity contribution in [2.24, 2.45) is 0 Å². The first kappa shape index (κ1) is 26.8. The Hall–Kier alpha value is -3.81. The number of nitrogens with zero attached hydrogens (tertiary/aromatic N) is 1. The molecule has 0 unspecified atom stereocenters. The van der Waals surface area contributed by atoms with Gasteiger partial charge >= 0.3 is 0 Å². The summed E-state index contributed by atoms with van der Waals surface area (Å²) in [5.74, 6) is 0. The van der Waals surface area contributed by atoms with Crippen molar-refractivity contribution in [2.45, 2.75) is 23.5 Å². The Morgan fingerprint density at radius 3 is 2.08 bits per heavy atom. The smallest absolute Gasteiger partial charge is 0.175 e. The number of sulfone groups is 2. The first-order valence-electron chi connectivity index (χ1n) is 12.4. The molecule has 0 aliphatic rings. The molecule has 0 bridgehead atoms. The number of fused-ring (bicyclic) bond motifs is 1. The van der Waals surface area contributed by atoms with Gasteiger partial charge < -0.3 is 0 Å². The summed E-state index contributed by atoms with van der Waals surface area (Å²) >= 11 is 0. The summed E-state index contributed by atoms with van der Waals surface area (Å²) in [4.78, 5) is 4.90. The van der Waals surface area contributed by atoms with E-state index in [0.29, 0.717) is 5.56 Å². The van der Waals surface area contributed by atoms with Gasteiger partial charge in [0.2, 0.25) is 0 Å². The standard InChI is InChI=1S/C32H28NO4S2/c1-32(2,39(4,36)37)26-20-25-11-8-18-33-31(25)30(21-26)24-10-7-9-23(19-24)29-13-6-5-12-28(29)22-14-16-27(17-15-22)38(3,34)35/h6-21H,1-4H3. The summed E-state index contributed by atoms with van der Waals surface area (Å²) < 4.78 is 48.1. The van der Waals surface area contributed by atoms with Crippen molar-refractivity contribution in [3.8, 4) is 33.4 Å². The summed E-state index contributed by atoms with van der Waals surface area (Å²) in [7, 11) is -6.68. The number of pyridine rings is 1. The molecule has 0 aliphatic carbocycles. The van der Waals surface area contributed by atoms with Crippen LogP contribution in [0.5, 0.6) is 0 Å². The number of hydrogen-bond donors (Lipinski definition) is 0. The third-order valence-electron chi connectivity index (χ3n) is 7.27. The zero-order chi connectivity index (χ0) is 28.0. The van der Waals surface area contributed by atoms with Crippen molar-refractivity contribution in [3.63, 3.8) is 0 Å². The highest BCUT2D eigenvalue weighted by molar-refractivity contribution is 7.91. The molecule has 5 rings (SSSR count). The lowest BCUT2D eigenvalue weighted by Crippen LogP contribution is -2.28. The summed E-state index contributed by atoms with van der Waals surface area (Å²) in [5, 5.41) is 0.869. The largest absolute Gasteiger partial charge is 0.256 e.